The Morgan fingerprint density at radius 2 is 2.00 bits per heavy atom. The molecule has 19 heavy (non-hydrogen) atoms. The van der Waals surface area contributed by atoms with Gasteiger partial charge in [-0.3, -0.25) is 4.79 Å². The molecule has 0 radical (unpaired) electrons. The van der Waals surface area contributed by atoms with E-state index in [1.165, 1.54) is 12.1 Å². The van der Waals surface area contributed by atoms with Crippen molar-refractivity contribution >= 4 is 58.4 Å². The van der Waals surface area contributed by atoms with Gasteiger partial charge in [-0.15, -0.1) is 12.6 Å². The molecule has 1 aromatic carbocycles. The molecule has 0 heterocycles. The van der Waals surface area contributed by atoms with Crippen LogP contribution in [0.3, 0.4) is 0 Å². The Hall–Kier alpha value is -0.190. The molecule has 0 saturated carbocycles. The van der Waals surface area contributed by atoms with Gasteiger partial charge < -0.3 is 10.4 Å². The summed E-state index contributed by atoms with van der Waals surface area (Å²) in [6.07, 6.45) is -5.08. The highest BCUT2D eigenvalue weighted by molar-refractivity contribution is 14.1. The molecule has 0 aliphatic heterocycles. The fraction of sp³-hybridized carbons (Fsp3) is 0.300. The summed E-state index contributed by atoms with van der Waals surface area (Å²) in [4.78, 5) is 12.0. The van der Waals surface area contributed by atoms with Crippen molar-refractivity contribution in [1.29, 1.82) is 0 Å². The van der Waals surface area contributed by atoms with Crippen molar-refractivity contribution < 1.29 is 23.1 Å². The smallest absolute Gasteiger partial charge is 0.373 e. The summed E-state index contributed by atoms with van der Waals surface area (Å²) >= 11 is 11.8. The van der Waals surface area contributed by atoms with Gasteiger partial charge in [0.05, 0.1) is 10.7 Å². The fourth-order valence-electron chi connectivity index (χ4n) is 1.01. The minimum absolute atomic E-state index is 0.0293. The molecule has 0 spiro atoms. The quantitative estimate of drug-likeness (QED) is 0.502. The van der Waals surface area contributed by atoms with Crippen LogP contribution >= 0.6 is 46.8 Å². The summed E-state index contributed by atoms with van der Waals surface area (Å²) < 4.78 is 37.9. The Balaban J connectivity index is 3.05. The van der Waals surface area contributed by atoms with E-state index in [4.69, 9.17) is 11.6 Å². The summed E-state index contributed by atoms with van der Waals surface area (Å²) in [5, 5.41) is 11.2. The van der Waals surface area contributed by atoms with Gasteiger partial charge in [0.1, 0.15) is 0 Å². The topological polar surface area (TPSA) is 49.3 Å². The minimum Gasteiger partial charge on any atom is -0.373 e. The monoisotopic (exact) mass is 425 g/mol. The standard InChI is InChI=1S/C10H8ClF3INO2S/c1-9(18,10(12,13)14)8(17)16-4-2-3-5(19)7(15)6(4)11/h2-3,18-19H,1H3,(H,16,17). The normalized spacial score (nSPS) is 14.9. The Labute approximate surface area is 131 Å². The number of nitrogens with one attached hydrogen (secondary N) is 1. The Morgan fingerprint density at radius 3 is 2.47 bits per heavy atom. The highest BCUT2D eigenvalue weighted by atomic mass is 127. The average molecular weight is 426 g/mol. The highest BCUT2D eigenvalue weighted by Gasteiger charge is 2.55. The zero-order chi connectivity index (χ0) is 15.0. The number of carbonyl (C=O) groups is 1. The van der Waals surface area contributed by atoms with Crippen LogP contribution in [0, 0.1) is 3.57 Å². The van der Waals surface area contributed by atoms with Crippen LogP contribution in [-0.2, 0) is 4.79 Å². The summed E-state index contributed by atoms with van der Waals surface area (Å²) in [6.45, 7) is 0.369. The lowest BCUT2D eigenvalue weighted by Crippen LogP contribution is -2.52. The number of halogens is 5. The SMILES string of the molecule is CC(O)(C(=O)Nc1ccc(S)c(I)c1Cl)C(F)(F)F. The van der Waals surface area contributed by atoms with Gasteiger partial charge >= 0.3 is 6.18 Å². The molecular formula is C10H8ClF3INO2S. The molecule has 1 aromatic rings. The van der Waals surface area contributed by atoms with Gasteiger partial charge in [0.25, 0.3) is 5.91 Å². The number of rotatable bonds is 2. The van der Waals surface area contributed by atoms with Gasteiger partial charge in [-0.2, -0.15) is 13.2 Å². The van der Waals surface area contributed by atoms with Crippen LogP contribution in [0.1, 0.15) is 6.92 Å². The maximum Gasteiger partial charge on any atom is 0.426 e. The van der Waals surface area contributed by atoms with Crippen LogP contribution in [-0.4, -0.2) is 22.8 Å². The van der Waals surface area contributed by atoms with Crippen molar-refractivity contribution in [1.82, 2.24) is 0 Å². The molecule has 0 fully saturated rings. The largest absolute Gasteiger partial charge is 0.426 e. The molecule has 9 heteroatoms. The third-order valence-electron chi connectivity index (χ3n) is 2.30. The second kappa shape index (κ2) is 5.66. The predicted octanol–water partition coefficient (Wildman–Crippen LogP) is 3.49. The lowest BCUT2D eigenvalue weighted by atomic mass is 10.1. The Kier molecular flexibility index (Phi) is 5.03. The van der Waals surface area contributed by atoms with Crippen LogP contribution < -0.4 is 5.32 Å². The first-order valence-corrected chi connectivity index (χ1v) is 6.66. The van der Waals surface area contributed by atoms with E-state index >= 15 is 0 Å². The molecule has 106 valence electrons. The van der Waals surface area contributed by atoms with Gasteiger partial charge in [0.15, 0.2) is 0 Å². The van der Waals surface area contributed by atoms with E-state index in [0.717, 1.165) is 0 Å². The number of amides is 1. The number of hydrogen-bond donors (Lipinski definition) is 3. The van der Waals surface area contributed by atoms with E-state index in [9.17, 15) is 23.1 Å². The van der Waals surface area contributed by atoms with E-state index in [0.29, 0.717) is 15.4 Å². The minimum atomic E-state index is -5.08. The Morgan fingerprint density at radius 1 is 1.47 bits per heavy atom. The van der Waals surface area contributed by atoms with E-state index in [2.05, 4.69) is 12.6 Å². The molecule has 0 bridgehead atoms. The van der Waals surface area contributed by atoms with Crippen LogP contribution in [0.25, 0.3) is 0 Å². The van der Waals surface area contributed by atoms with E-state index in [1.54, 1.807) is 0 Å². The molecule has 1 amide bonds. The Bertz CT molecular complexity index is 522. The molecule has 1 atom stereocenters. The van der Waals surface area contributed by atoms with Gasteiger partial charge in [0.2, 0.25) is 5.60 Å². The van der Waals surface area contributed by atoms with Crippen LogP contribution in [0.4, 0.5) is 18.9 Å². The van der Waals surface area contributed by atoms with Gasteiger partial charge in [-0.25, -0.2) is 0 Å². The highest BCUT2D eigenvalue weighted by Crippen LogP contribution is 2.34. The van der Waals surface area contributed by atoms with Crippen LogP contribution in [0.15, 0.2) is 17.0 Å². The molecule has 3 nitrogen and oxygen atoms in total. The van der Waals surface area contributed by atoms with E-state index in [1.807, 2.05) is 27.9 Å². The number of hydrogen-bond acceptors (Lipinski definition) is 3. The summed E-state index contributed by atoms with van der Waals surface area (Å²) in [5.41, 5.74) is -3.53. The molecule has 0 aliphatic rings. The molecule has 2 N–H and O–H groups in total. The first-order chi connectivity index (χ1) is 8.48. The fourth-order valence-corrected chi connectivity index (χ4v) is 1.94. The first kappa shape index (κ1) is 16.9. The number of carbonyl (C=O) groups excluding carboxylic acids is 1. The van der Waals surface area contributed by atoms with Crippen molar-refractivity contribution in [3.8, 4) is 0 Å². The van der Waals surface area contributed by atoms with Gasteiger partial charge in [-0.1, -0.05) is 11.6 Å². The van der Waals surface area contributed by atoms with Crippen molar-refractivity contribution in [2.45, 2.75) is 23.6 Å². The van der Waals surface area contributed by atoms with Crippen LogP contribution in [0.2, 0.25) is 5.02 Å². The second-order valence-electron chi connectivity index (χ2n) is 3.78. The van der Waals surface area contributed by atoms with Crippen molar-refractivity contribution in [3.05, 3.63) is 20.7 Å². The lowest BCUT2D eigenvalue weighted by Gasteiger charge is -2.25. The number of benzene rings is 1. The average Bonchev–Trinajstić information content (AvgIpc) is 2.28. The van der Waals surface area contributed by atoms with Crippen molar-refractivity contribution in [3.63, 3.8) is 0 Å². The second-order valence-corrected chi connectivity index (χ2v) is 5.72. The predicted molar refractivity (Wildman–Crippen MR) is 76.7 cm³/mol. The molecular weight excluding hydrogens is 418 g/mol. The zero-order valence-corrected chi connectivity index (χ0v) is 13.2. The molecule has 1 unspecified atom stereocenters. The van der Waals surface area contributed by atoms with Crippen molar-refractivity contribution in [2.24, 2.45) is 0 Å². The van der Waals surface area contributed by atoms with E-state index in [-0.39, 0.29) is 10.7 Å². The molecule has 0 aliphatic carbocycles. The van der Waals surface area contributed by atoms with Gasteiger partial charge in [0, 0.05) is 8.47 Å². The summed E-state index contributed by atoms with van der Waals surface area (Å²) in [7, 11) is 0. The molecule has 0 saturated heterocycles. The number of thiol groups is 1. The molecule has 0 aromatic heterocycles. The number of alkyl halides is 3. The lowest BCUT2D eigenvalue weighted by molar-refractivity contribution is -0.242. The molecule has 1 rings (SSSR count). The van der Waals surface area contributed by atoms with Crippen molar-refractivity contribution in [2.75, 3.05) is 5.32 Å². The number of aliphatic hydroxyl groups is 1. The third kappa shape index (κ3) is 3.47. The van der Waals surface area contributed by atoms with Crippen LogP contribution in [0.5, 0.6) is 0 Å². The summed E-state index contributed by atoms with van der Waals surface area (Å²) in [5.74, 6) is -1.61. The maximum atomic E-state index is 12.5. The summed E-state index contributed by atoms with van der Waals surface area (Å²) in [6, 6.07) is 2.77. The maximum absolute atomic E-state index is 12.5. The third-order valence-corrected chi connectivity index (χ3v) is 4.94. The zero-order valence-electron chi connectivity index (χ0n) is 9.35. The first-order valence-electron chi connectivity index (χ1n) is 4.76. The number of anilines is 1. The van der Waals surface area contributed by atoms with E-state index < -0.39 is 17.7 Å². The van der Waals surface area contributed by atoms with Gasteiger partial charge in [-0.05, 0) is 41.6 Å².